The van der Waals surface area contributed by atoms with Gasteiger partial charge in [0.15, 0.2) is 5.82 Å². The molecule has 0 fully saturated rings. The van der Waals surface area contributed by atoms with Gasteiger partial charge in [-0.3, -0.25) is 4.79 Å². The van der Waals surface area contributed by atoms with Gasteiger partial charge in [0.2, 0.25) is 5.91 Å². The summed E-state index contributed by atoms with van der Waals surface area (Å²) in [6, 6.07) is 9.84. The minimum absolute atomic E-state index is 0.0276. The normalized spacial score (nSPS) is 18.5. The number of hydrogen-bond acceptors (Lipinski definition) is 3. The Balaban J connectivity index is 1.74. The summed E-state index contributed by atoms with van der Waals surface area (Å²) in [4.78, 5) is 17.1. The molecule has 2 aromatic rings. The molecule has 1 aromatic heterocycles. The van der Waals surface area contributed by atoms with Crippen LogP contribution in [0.4, 0.5) is 0 Å². The fourth-order valence-electron chi connectivity index (χ4n) is 2.88. The van der Waals surface area contributed by atoms with E-state index in [0.717, 1.165) is 43.0 Å². The summed E-state index contributed by atoms with van der Waals surface area (Å²) < 4.78 is 1.94. The van der Waals surface area contributed by atoms with Gasteiger partial charge in [-0.05, 0) is 25.3 Å². The maximum absolute atomic E-state index is 12.5. The van der Waals surface area contributed by atoms with E-state index in [-0.39, 0.29) is 17.9 Å². The summed E-state index contributed by atoms with van der Waals surface area (Å²) in [5, 5.41) is 7.63. The number of fused-ring (bicyclic) bond motifs is 1. The molecule has 1 aromatic carbocycles. The van der Waals surface area contributed by atoms with Crippen LogP contribution in [0, 0.1) is 0 Å². The molecule has 1 N–H and O–H groups in total. The number of amides is 1. The molecule has 0 saturated carbocycles. The molecule has 1 aliphatic rings. The zero-order chi connectivity index (χ0) is 15.5. The first-order chi connectivity index (χ1) is 10.7. The smallest absolute Gasteiger partial charge is 0.227 e. The Morgan fingerprint density at radius 2 is 2.18 bits per heavy atom. The molecule has 1 amide bonds. The van der Waals surface area contributed by atoms with Crippen molar-refractivity contribution in [1.82, 2.24) is 20.1 Å². The Morgan fingerprint density at radius 1 is 1.41 bits per heavy atom. The summed E-state index contributed by atoms with van der Waals surface area (Å²) in [5.74, 6) is 1.64. The number of nitrogens with zero attached hydrogens (tertiary/aromatic N) is 3. The molecule has 3 rings (SSSR count). The van der Waals surface area contributed by atoms with E-state index in [1.54, 1.807) is 0 Å². The van der Waals surface area contributed by atoms with Gasteiger partial charge in [0.05, 0.1) is 12.0 Å². The van der Waals surface area contributed by atoms with Crippen LogP contribution in [0.1, 0.15) is 55.9 Å². The van der Waals surface area contributed by atoms with Gasteiger partial charge in [-0.2, -0.15) is 5.10 Å². The molecule has 0 aliphatic carbocycles. The minimum atomic E-state index is -0.162. The maximum atomic E-state index is 12.5. The molecular weight excluding hydrogens is 276 g/mol. The number of rotatable bonds is 4. The summed E-state index contributed by atoms with van der Waals surface area (Å²) in [5.41, 5.74) is 1.03. The first kappa shape index (κ1) is 14.8. The molecule has 22 heavy (non-hydrogen) atoms. The lowest BCUT2D eigenvalue weighted by Crippen LogP contribution is -2.35. The number of nitrogens with one attached hydrogen (secondary N) is 1. The number of carbonyl (C=O) groups excluding carboxylic acids is 1. The van der Waals surface area contributed by atoms with Crippen molar-refractivity contribution in [3.05, 3.63) is 47.5 Å². The zero-order valence-corrected chi connectivity index (χ0v) is 13.1. The van der Waals surface area contributed by atoms with E-state index < -0.39 is 0 Å². The van der Waals surface area contributed by atoms with E-state index >= 15 is 0 Å². The van der Waals surface area contributed by atoms with Crippen LogP contribution in [-0.2, 0) is 17.8 Å². The van der Waals surface area contributed by atoms with Crippen LogP contribution in [0.5, 0.6) is 0 Å². The molecule has 5 heteroatoms. The predicted octanol–water partition coefficient (Wildman–Crippen LogP) is 2.60. The van der Waals surface area contributed by atoms with Crippen LogP contribution in [-0.4, -0.2) is 20.7 Å². The fourth-order valence-corrected chi connectivity index (χ4v) is 2.88. The Kier molecular flexibility index (Phi) is 4.22. The minimum Gasteiger partial charge on any atom is -0.346 e. The second-order valence-corrected chi connectivity index (χ2v) is 5.80. The van der Waals surface area contributed by atoms with Crippen LogP contribution in [0.2, 0.25) is 0 Å². The monoisotopic (exact) mass is 298 g/mol. The first-order valence-corrected chi connectivity index (χ1v) is 7.98. The van der Waals surface area contributed by atoms with E-state index in [1.165, 1.54) is 0 Å². The number of aryl methyl sites for hydroxylation is 2. The van der Waals surface area contributed by atoms with Crippen molar-refractivity contribution in [1.29, 1.82) is 0 Å². The van der Waals surface area contributed by atoms with Crippen LogP contribution in [0.15, 0.2) is 30.3 Å². The average molecular weight is 298 g/mol. The Labute approximate surface area is 130 Å². The summed E-state index contributed by atoms with van der Waals surface area (Å²) in [6.45, 7) is 4.88. The number of carbonyl (C=O) groups is 1. The first-order valence-electron chi connectivity index (χ1n) is 7.98. The highest BCUT2D eigenvalue weighted by atomic mass is 16.1. The van der Waals surface area contributed by atoms with E-state index in [9.17, 15) is 4.79 Å². The summed E-state index contributed by atoms with van der Waals surface area (Å²) in [6.07, 6.45) is 2.76. The molecular formula is C17H22N4O. The lowest BCUT2D eigenvalue weighted by molar-refractivity contribution is -0.123. The van der Waals surface area contributed by atoms with E-state index in [0.29, 0.717) is 0 Å². The van der Waals surface area contributed by atoms with Gasteiger partial charge < -0.3 is 5.32 Å². The van der Waals surface area contributed by atoms with Crippen LogP contribution >= 0.6 is 0 Å². The maximum Gasteiger partial charge on any atom is 0.227 e. The zero-order valence-electron chi connectivity index (χ0n) is 13.1. The molecule has 0 saturated heterocycles. The van der Waals surface area contributed by atoms with Gasteiger partial charge in [-0.15, -0.1) is 0 Å². The van der Waals surface area contributed by atoms with Gasteiger partial charge in [-0.25, -0.2) is 9.67 Å². The van der Waals surface area contributed by atoms with E-state index in [2.05, 4.69) is 15.4 Å². The Morgan fingerprint density at radius 3 is 2.91 bits per heavy atom. The molecule has 0 radical (unpaired) electrons. The van der Waals surface area contributed by atoms with Gasteiger partial charge in [0.25, 0.3) is 0 Å². The van der Waals surface area contributed by atoms with Gasteiger partial charge in [-0.1, -0.05) is 37.3 Å². The highest BCUT2D eigenvalue weighted by molar-refractivity contribution is 5.83. The van der Waals surface area contributed by atoms with Crippen LogP contribution in [0.3, 0.4) is 0 Å². The average Bonchev–Trinajstić information content (AvgIpc) is 2.99. The number of aromatic nitrogens is 3. The molecule has 5 nitrogen and oxygen atoms in total. The molecule has 1 unspecified atom stereocenters. The topological polar surface area (TPSA) is 59.8 Å². The summed E-state index contributed by atoms with van der Waals surface area (Å²) >= 11 is 0. The largest absolute Gasteiger partial charge is 0.346 e. The van der Waals surface area contributed by atoms with E-state index in [1.807, 2.05) is 48.9 Å². The molecule has 2 atom stereocenters. The molecule has 2 heterocycles. The van der Waals surface area contributed by atoms with Crippen molar-refractivity contribution in [2.45, 2.75) is 51.6 Å². The third-order valence-electron chi connectivity index (χ3n) is 4.24. The SMILES string of the molecule is CCc1nc2n(n1)CCCC2NC(=O)[C@H](C)c1ccccc1. The van der Waals surface area contributed by atoms with E-state index in [4.69, 9.17) is 0 Å². The van der Waals surface area contributed by atoms with Crippen molar-refractivity contribution in [3.8, 4) is 0 Å². The fraction of sp³-hybridized carbons (Fsp3) is 0.471. The van der Waals surface area contributed by atoms with Crippen molar-refractivity contribution < 1.29 is 4.79 Å². The van der Waals surface area contributed by atoms with Crippen molar-refractivity contribution in [3.63, 3.8) is 0 Å². The second-order valence-electron chi connectivity index (χ2n) is 5.80. The Bertz CT molecular complexity index is 650. The van der Waals surface area contributed by atoms with Gasteiger partial charge >= 0.3 is 0 Å². The lowest BCUT2D eigenvalue weighted by Gasteiger charge is -2.24. The van der Waals surface area contributed by atoms with Crippen LogP contribution in [0.25, 0.3) is 0 Å². The van der Waals surface area contributed by atoms with Crippen molar-refractivity contribution in [2.75, 3.05) is 0 Å². The summed E-state index contributed by atoms with van der Waals surface area (Å²) in [7, 11) is 0. The third-order valence-corrected chi connectivity index (χ3v) is 4.24. The lowest BCUT2D eigenvalue weighted by atomic mass is 9.99. The Hall–Kier alpha value is -2.17. The molecule has 116 valence electrons. The highest BCUT2D eigenvalue weighted by Gasteiger charge is 2.27. The van der Waals surface area contributed by atoms with Gasteiger partial charge in [0, 0.05) is 13.0 Å². The third kappa shape index (κ3) is 2.89. The van der Waals surface area contributed by atoms with Crippen molar-refractivity contribution in [2.24, 2.45) is 0 Å². The highest BCUT2D eigenvalue weighted by Crippen LogP contribution is 2.25. The van der Waals surface area contributed by atoms with Gasteiger partial charge in [0.1, 0.15) is 5.82 Å². The molecule has 0 bridgehead atoms. The molecule has 1 aliphatic heterocycles. The standard InChI is InChI=1S/C17H22N4O/c1-3-15-19-16-14(10-7-11-21(16)20-15)18-17(22)12(2)13-8-5-4-6-9-13/h4-6,8-9,12,14H,3,7,10-11H2,1-2H3,(H,18,22)/t12-,14?/m1/s1. The number of benzene rings is 1. The molecule has 0 spiro atoms. The second kappa shape index (κ2) is 6.30. The van der Waals surface area contributed by atoms with Crippen LogP contribution < -0.4 is 5.32 Å². The predicted molar refractivity (Wildman–Crippen MR) is 84.4 cm³/mol. The quantitative estimate of drug-likeness (QED) is 0.944. The number of hydrogen-bond donors (Lipinski definition) is 1. The van der Waals surface area contributed by atoms with Crippen molar-refractivity contribution >= 4 is 5.91 Å².